The standard InChI is InChI=1S/C15H26N2S/c1-12-6-5-9-17(12)11-14-8-7-13(18-14)10-16-15(2,3)4/h7-8,12,16H,5-6,9-11H2,1-4H3. The quantitative estimate of drug-likeness (QED) is 0.895. The Morgan fingerprint density at radius 3 is 2.67 bits per heavy atom. The summed E-state index contributed by atoms with van der Waals surface area (Å²) in [5, 5.41) is 3.55. The molecule has 1 aliphatic heterocycles. The zero-order valence-corrected chi connectivity index (χ0v) is 12.9. The van der Waals surface area contributed by atoms with Crippen LogP contribution >= 0.6 is 11.3 Å². The Kier molecular flexibility index (Phi) is 4.46. The lowest BCUT2D eigenvalue weighted by atomic mass is 10.1. The topological polar surface area (TPSA) is 15.3 Å². The monoisotopic (exact) mass is 266 g/mol. The Balaban J connectivity index is 1.86. The zero-order valence-electron chi connectivity index (χ0n) is 12.1. The fourth-order valence-corrected chi connectivity index (χ4v) is 3.37. The maximum absolute atomic E-state index is 3.55. The van der Waals surface area contributed by atoms with Crippen LogP contribution in [0.1, 0.15) is 50.3 Å². The number of hydrogen-bond donors (Lipinski definition) is 1. The van der Waals surface area contributed by atoms with Gasteiger partial charge in [-0.05, 0) is 59.2 Å². The second kappa shape index (κ2) is 5.72. The highest BCUT2D eigenvalue weighted by molar-refractivity contribution is 7.11. The first-order valence-electron chi connectivity index (χ1n) is 7.01. The summed E-state index contributed by atoms with van der Waals surface area (Å²) in [4.78, 5) is 5.56. The largest absolute Gasteiger partial charge is 0.307 e. The number of thiophene rings is 1. The molecule has 1 aromatic heterocycles. The van der Waals surface area contributed by atoms with Gasteiger partial charge in [0.2, 0.25) is 0 Å². The van der Waals surface area contributed by atoms with E-state index in [4.69, 9.17) is 0 Å². The van der Waals surface area contributed by atoms with E-state index in [9.17, 15) is 0 Å². The highest BCUT2D eigenvalue weighted by Gasteiger charge is 2.20. The van der Waals surface area contributed by atoms with Gasteiger partial charge in [0.1, 0.15) is 0 Å². The maximum atomic E-state index is 3.55. The van der Waals surface area contributed by atoms with E-state index in [2.05, 4.69) is 50.0 Å². The van der Waals surface area contributed by atoms with Gasteiger partial charge in [-0.1, -0.05) is 0 Å². The minimum absolute atomic E-state index is 0.202. The minimum Gasteiger partial charge on any atom is -0.307 e. The Labute approximate surface area is 115 Å². The smallest absolute Gasteiger partial charge is 0.0330 e. The van der Waals surface area contributed by atoms with Crippen LogP contribution in [0.5, 0.6) is 0 Å². The van der Waals surface area contributed by atoms with Crippen LogP contribution in [-0.2, 0) is 13.1 Å². The molecule has 102 valence electrons. The van der Waals surface area contributed by atoms with E-state index in [-0.39, 0.29) is 5.54 Å². The van der Waals surface area contributed by atoms with Crippen molar-refractivity contribution in [3.8, 4) is 0 Å². The molecular formula is C15H26N2S. The Morgan fingerprint density at radius 1 is 1.33 bits per heavy atom. The predicted molar refractivity (Wildman–Crippen MR) is 80.0 cm³/mol. The van der Waals surface area contributed by atoms with Gasteiger partial charge in [0.15, 0.2) is 0 Å². The summed E-state index contributed by atoms with van der Waals surface area (Å²) in [6, 6.07) is 5.35. The van der Waals surface area contributed by atoms with Crippen LogP contribution in [0.25, 0.3) is 0 Å². The first kappa shape index (κ1) is 14.0. The number of nitrogens with zero attached hydrogens (tertiary/aromatic N) is 1. The van der Waals surface area contributed by atoms with Crippen molar-refractivity contribution in [2.24, 2.45) is 0 Å². The van der Waals surface area contributed by atoms with Crippen LogP contribution in [0.3, 0.4) is 0 Å². The molecule has 0 spiro atoms. The number of nitrogens with one attached hydrogen (secondary N) is 1. The van der Waals surface area contributed by atoms with Crippen molar-refractivity contribution in [3.05, 3.63) is 21.9 Å². The van der Waals surface area contributed by atoms with E-state index in [1.54, 1.807) is 0 Å². The zero-order chi connectivity index (χ0) is 13.2. The summed E-state index contributed by atoms with van der Waals surface area (Å²) in [5.41, 5.74) is 0.202. The molecule has 18 heavy (non-hydrogen) atoms. The Hall–Kier alpha value is -0.380. The lowest BCUT2D eigenvalue weighted by Gasteiger charge is -2.20. The lowest BCUT2D eigenvalue weighted by Crippen LogP contribution is -2.34. The summed E-state index contributed by atoms with van der Waals surface area (Å²) in [6.45, 7) is 12.4. The van der Waals surface area contributed by atoms with Crippen molar-refractivity contribution in [2.75, 3.05) is 6.54 Å². The first-order valence-corrected chi connectivity index (χ1v) is 7.82. The second-order valence-corrected chi connectivity index (χ2v) is 7.69. The fraction of sp³-hybridized carbons (Fsp3) is 0.733. The highest BCUT2D eigenvalue weighted by atomic mass is 32.1. The summed E-state index contributed by atoms with van der Waals surface area (Å²) in [7, 11) is 0. The molecule has 1 atom stereocenters. The maximum Gasteiger partial charge on any atom is 0.0330 e. The summed E-state index contributed by atoms with van der Waals surface area (Å²) >= 11 is 1.96. The van der Waals surface area contributed by atoms with E-state index >= 15 is 0 Å². The van der Waals surface area contributed by atoms with Gasteiger partial charge in [0.05, 0.1) is 0 Å². The van der Waals surface area contributed by atoms with Gasteiger partial charge in [-0.2, -0.15) is 0 Å². The summed E-state index contributed by atoms with van der Waals surface area (Å²) < 4.78 is 0. The van der Waals surface area contributed by atoms with Gasteiger partial charge in [-0.3, -0.25) is 4.90 Å². The Bertz CT molecular complexity index is 378. The number of rotatable bonds is 4. The normalized spacial score (nSPS) is 21.7. The molecule has 0 bridgehead atoms. The molecule has 1 N–H and O–H groups in total. The van der Waals surface area contributed by atoms with Crippen molar-refractivity contribution in [1.29, 1.82) is 0 Å². The third-order valence-corrected chi connectivity index (χ3v) is 4.63. The molecule has 1 saturated heterocycles. The van der Waals surface area contributed by atoms with Crippen LogP contribution in [-0.4, -0.2) is 23.0 Å². The molecule has 2 nitrogen and oxygen atoms in total. The van der Waals surface area contributed by atoms with Crippen LogP contribution in [0.15, 0.2) is 12.1 Å². The molecule has 2 rings (SSSR count). The van der Waals surface area contributed by atoms with Crippen molar-refractivity contribution >= 4 is 11.3 Å². The molecule has 0 radical (unpaired) electrons. The fourth-order valence-electron chi connectivity index (χ4n) is 2.38. The van der Waals surface area contributed by atoms with Crippen molar-refractivity contribution < 1.29 is 0 Å². The van der Waals surface area contributed by atoms with E-state index in [1.165, 1.54) is 29.1 Å². The molecule has 0 amide bonds. The molecule has 3 heteroatoms. The lowest BCUT2D eigenvalue weighted by molar-refractivity contribution is 0.262. The third-order valence-electron chi connectivity index (χ3n) is 3.56. The molecule has 0 aromatic carbocycles. The molecule has 1 aromatic rings. The van der Waals surface area contributed by atoms with Gasteiger partial charge in [0.25, 0.3) is 0 Å². The van der Waals surface area contributed by atoms with Gasteiger partial charge < -0.3 is 5.32 Å². The van der Waals surface area contributed by atoms with Crippen molar-refractivity contribution in [1.82, 2.24) is 10.2 Å². The molecule has 1 aliphatic rings. The summed E-state index contributed by atoms with van der Waals surface area (Å²) in [6.07, 6.45) is 2.73. The van der Waals surface area contributed by atoms with Gasteiger partial charge in [0, 0.05) is 34.4 Å². The highest BCUT2D eigenvalue weighted by Crippen LogP contribution is 2.24. The molecule has 0 aliphatic carbocycles. The molecule has 0 saturated carbocycles. The van der Waals surface area contributed by atoms with Gasteiger partial charge in [-0.25, -0.2) is 0 Å². The first-order chi connectivity index (χ1) is 8.44. The van der Waals surface area contributed by atoms with Crippen LogP contribution in [0, 0.1) is 0 Å². The van der Waals surface area contributed by atoms with Crippen LogP contribution < -0.4 is 5.32 Å². The van der Waals surface area contributed by atoms with Crippen LogP contribution in [0.2, 0.25) is 0 Å². The van der Waals surface area contributed by atoms with E-state index in [0.29, 0.717) is 0 Å². The molecular weight excluding hydrogens is 240 g/mol. The third kappa shape index (κ3) is 4.08. The van der Waals surface area contributed by atoms with E-state index in [0.717, 1.165) is 19.1 Å². The summed E-state index contributed by atoms with van der Waals surface area (Å²) in [5.74, 6) is 0. The van der Waals surface area contributed by atoms with E-state index < -0.39 is 0 Å². The number of hydrogen-bond acceptors (Lipinski definition) is 3. The Morgan fingerprint density at radius 2 is 2.06 bits per heavy atom. The minimum atomic E-state index is 0.202. The van der Waals surface area contributed by atoms with Crippen LogP contribution in [0.4, 0.5) is 0 Å². The molecule has 1 unspecified atom stereocenters. The van der Waals surface area contributed by atoms with Crippen molar-refractivity contribution in [2.45, 2.75) is 65.2 Å². The second-order valence-electron chi connectivity index (χ2n) is 6.43. The van der Waals surface area contributed by atoms with Gasteiger partial charge in [-0.15, -0.1) is 11.3 Å². The van der Waals surface area contributed by atoms with Crippen molar-refractivity contribution in [3.63, 3.8) is 0 Å². The van der Waals surface area contributed by atoms with E-state index in [1.807, 2.05) is 11.3 Å². The van der Waals surface area contributed by atoms with Gasteiger partial charge >= 0.3 is 0 Å². The molecule has 2 heterocycles. The SMILES string of the molecule is CC1CCCN1Cc1ccc(CNC(C)(C)C)s1. The average Bonchev–Trinajstić information content (AvgIpc) is 2.86. The predicted octanol–water partition coefficient (Wildman–Crippen LogP) is 3.62. The number of likely N-dealkylation sites (tertiary alicyclic amines) is 1. The average molecular weight is 266 g/mol. The molecule has 1 fully saturated rings.